The van der Waals surface area contributed by atoms with Gasteiger partial charge in [-0.15, -0.1) is 0 Å². The van der Waals surface area contributed by atoms with Crippen LogP contribution in [0.4, 0.5) is 16.2 Å². The third-order valence-corrected chi connectivity index (χ3v) is 5.81. The lowest BCUT2D eigenvalue weighted by Crippen LogP contribution is -2.50. The molecule has 27 heavy (non-hydrogen) atoms. The minimum atomic E-state index is -3.64. The minimum absolute atomic E-state index is 0.249. The van der Waals surface area contributed by atoms with E-state index < -0.39 is 10.2 Å². The summed E-state index contributed by atoms with van der Waals surface area (Å²) >= 11 is 4.97. The van der Waals surface area contributed by atoms with Crippen LogP contribution in [0, 0.1) is 0 Å². The van der Waals surface area contributed by atoms with Crippen LogP contribution < -0.4 is 20.3 Å². The van der Waals surface area contributed by atoms with Gasteiger partial charge in [-0.3, -0.25) is 4.90 Å². The van der Waals surface area contributed by atoms with E-state index in [-0.39, 0.29) is 12.2 Å². The summed E-state index contributed by atoms with van der Waals surface area (Å²) in [6.07, 6.45) is -0.625. The number of benzene rings is 1. The molecule has 0 aliphatic carbocycles. The van der Waals surface area contributed by atoms with Crippen LogP contribution in [-0.4, -0.2) is 69.2 Å². The summed E-state index contributed by atoms with van der Waals surface area (Å²) in [6, 6.07) is 7.57. The summed E-state index contributed by atoms with van der Waals surface area (Å²) in [5.74, 6) is 0. The molecule has 11 heteroatoms. The number of cyclic esters (lactones) is 1. The second kappa shape index (κ2) is 7.97. The van der Waals surface area contributed by atoms with Crippen molar-refractivity contribution < 1.29 is 17.9 Å². The number of nitrogens with two attached hydrogens (primary N) is 1. The van der Waals surface area contributed by atoms with Crippen molar-refractivity contribution in [1.82, 2.24) is 9.62 Å². The highest BCUT2D eigenvalue weighted by Crippen LogP contribution is 2.25. The van der Waals surface area contributed by atoms with Gasteiger partial charge in [0, 0.05) is 37.6 Å². The predicted molar refractivity (Wildman–Crippen MR) is 107 cm³/mol. The van der Waals surface area contributed by atoms with Crippen molar-refractivity contribution in [3.8, 4) is 0 Å². The number of nitrogens with one attached hydrogen (secondary N) is 1. The minimum Gasteiger partial charge on any atom is -0.442 e. The first kappa shape index (κ1) is 19.8. The summed E-state index contributed by atoms with van der Waals surface area (Å²) < 4.78 is 29.4. The van der Waals surface area contributed by atoms with E-state index in [1.54, 1.807) is 11.8 Å². The summed E-state index contributed by atoms with van der Waals surface area (Å²) in [7, 11) is -3.64. The first-order valence-electron chi connectivity index (χ1n) is 8.59. The van der Waals surface area contributed by atoms with Gasteiger partial charge in [0.1, 0.15) is 6.10 Å². The van der Waals surface area contributed by atoms with Gasteiger partial charge in [0.25, 0.3) is 10.2 Å². The van der Waals surface area contributed by atoms with E-state index in [2.05, 4.69) is 10.2 Å². The molecule has 0 bridgehead atoms. The van der Waals surface area contributed by atoms with E-state index in [0.717, 1.165) is 11.4 Å². The molecule has 2 fully saturated rings. The molecular weight excluding hydrogens is 390 g/mol. The molecule has 9 nitrogen and oxygen atoms in total. The lowest BCUT2D eigenvalue weighted by atomic mass is 10.2. The van der Waals surface area contributed by atoms with Crippen molar-refractivity contribution in [2.45, 2.75) is 13.0 Å². The van der Waals surface area contributed by atoms with Gasteiger partial charge in [0.15, 0.2) is 0 Å². The Morgan fingerprint density at radius 3 is 2.37 bits per heavy atom. The molecule has 1 amide bonds. The van der Waals surface area contributed by atoms with E-state index in [9.17, 15) is 13.2 Å². The molecule has 2 heterocycles. The molecule has 1 aromatic carbocycles. The predicted octanol–water partition coefficient (Wildman–Crippen LogP) is 0.274. The Kier molecular flexibility index (Phi) is 5.84. The second-order valence-corrected chi connectivity index (χ2v) is 8.66. The number of nitrogens with zero attached hydrogens (tertiary/aromatic N) is 3. The van der Waals surface area contributed by atoms with Gasteiger partial charge in [-0.2, -0.15) is 12.7 Å². The molecule has 1 aromatic rings. The highest BCUT2D eigenvalue weighted by molar-refractivity contribution is 7.86. The molecule has 0 aromatic heterocycles. The Labute approximate surface area is 164 Å². The first-order valence-corrected chi connectivity index (χ1v) is 10.5. The normalized spacial score (nSPS) is 21.3. The van der Waals surface area contributed by atoms with Crippen LogP contribution in [0.25, 0.3) is 0 Å². The number of carbonyl (C=O) groups is 1. The first-order chi connectivity index (χ1) is 12.7. The molecule has 2 aliphatic heterocycles. The Bertz CT molecular complexity index is 807. The SMILES string of the molecule is CC(=S)NCC1CN(c2ccc(N3CCN(S(N)(=O)=O)CC3)cc2)C(=O)O1. The lowest BCUT2D eigenvalue weighted by Gasteiger charge is -2.34. The van der Waals surface area contributed by atoms with E-state index in [1.165, 1.54) is 4.31 Å². The maximum Gasteiger partial charge on any atom is 0.414 e. The molecule has 3 N–H and O–H groups in total. The Morgan fingerprint density at radius 1 is 1.22 bits per heavy atom. The summed E-state index contributed by atoms with van der Waals surface area (Å²) in [6.45, 7) is 4.56. The Hall–Kier alpha value is -1.95. The topological polar surface area (TPSA) is 108 Å². The number of hydrogen-bond donors (Lipinski definition) is 2. The van der Waals surface area contributed by atoms with Crippen molar-refractivity contribution in [3.63, 3.8) is 0 Å². The van der Waals surface area contributed by atoms with Crippen molar-refractivity contribution in [1.29, 1.82) is 0 Å². The van der Waals surface area contributed by atoms with E-state index in [1.807, 2.05) is 24.3 Å². The maximum absolute atomic E-state index is 12.1. The van der Waals surface area contributed by atoms with Crippen LogP contribution >= 0.6 is 12.2 Å². The van der Waals surface area contributed by atoms with Crippen molar-refractivity contribution in [3.05, 3.63) is 24.3 Å². The lowest BCUT2D eigenvalue weighted by molar-refractivity contribution is 0.143. The summed E-state index contributed by atoms with van der Waals surface area (Å²) in [4.78, 5) is 16.4. The standard InChI is InChI=1S/C16H23N5O4S2/c1-12(26)18-10-15-11-21(16(22)25-15)14-4-2-13(3-5-14)19-6-8-20(9-7-19)27(17,23)24/h2-5,15H,6-11H2,1H3,(H,18,26)(H2,17,23,24). The van der Waals surface area contributed by atoms with Gasteiger partial charge in [-0.05, 0) is 31.2 Å². The molecule has 3 rings (SSSR count). The Balaban J connectivity index is 1.59. The highest BCUT2D eigenvalue weighted by Gasteiger charge is 2.32. The second-order valence-electron chi connectivity index (χ2n) is 6.50. The van der Waals surface area contributed by atoms with Gasteiger partial charge < -0.3 is 15.0 Å². The monoisotopic (exact) mass is 413 g/mol. The van der Waals surface area contributed by atoms with Crippen LogP contribution in [0.5, 0.6) is 0 Å². The van der Waals surface area contributed by atoms with Crippen LogP contribution in [0.15, 0.2) is 24.3 Å². The quantitative estimate of drug-likeness (QED) is 0.667. The number of hydrogen-bond acceptors (Lipinski definition) is 6. The third-order valence-electron chi connectivity index (χ3n) is 4.58. The van der Waals surface area contributed by atoms with E-state index >= 15 is 0 Å². The Morgan fingerprint density at radius 2 is 1.81 bits per heavy atom. The zero-order valence-electron chi connectivity index (χ0n) is 15.0. The number of thiocarbonyl (C=S) groups is 1. The average molecular weight is 414 g/mol. The number of piperazine rings is 1. The van der Waals surface area contributed by atoms with Gasteiger partial charge in [0.2, 0.25) is 0 Å². The van der Waals surface area contributed by atoms with Crippen molar-refractivity contribution in [2.75, 3.05) is 49.1 Å². The van der Waals surface area contributed by atoms with Gasteiger partial charge in [-0.25, -0.2) is 9.93 Å². The molecule has 0 saturated carbocycles. The fourth-order valence-corrected chi connectivity index (χ4v) is 3.90. The fraction of sp³-hybridized carbons (Fsp3) is 0.500. The van der Waals surface area contributed by atoms with E-state index in [0.29, 0.717) is 44.3 Å². The van der Waals surface area contributed by atoms with Crippen LogP contribution in [0.3, 0.4) is 0 Å². The van der Waals surface area contributed by atoms with Crippen LogP contribution in [0.2, 0.25) is 0 Å². The van der Waals surface area contributed by atoms with Gasteiger partial charge >= 0.3 is 6.09 Å². The number of amides is 1. The van der Waals surface area contributed by atoms with E-state index in [4.69, 9.17) is 22.1 Å². The molecule has 0 radical (unpaired) electrons. The number of ether oxygens (including phenoxy) is 1. The zero-order valence-corrected chi connectivity index (χ0v) is 16.6. The number of carbonyl (C=O) groups excluding carboxylic acids is 1. The molecule has 0 spiro atoms. The molecule has 1 unspecified atom stereocenters. The van der Waals surface area contributed by atoms with Crippen LogP contribution in [-0.2, 0) is 14.9 Å². The average Bonchev–Trinajstić information content (AvgIpc) is 3.00. The molecule has 2 saturated heterocycles. The third kappa shape index (κ3) is 4.86. The molecule has 1 atom stereocenters. The van der Waals surface area contributed by atoms with Crippen molar-refractivity contribution >= 4 is 44.9 Å². The summed E-state index contributed by atoms with van der Waals surface area (Å²) in [5, 5.41) is 8.18. The molecule has 148 valence electrons. The zero-order chi connectivity index (χ0) is 19.6. The number of rotatable bonds is 5. The largest absolute Gasteiger partial charge is 0.442 e. The molecular formula is C16H23N5O4S2. The molecule has 2 aliphatic rings. The van der Waals surface area contributed by atoms with Gasteiger partial charge in [0.05, 0.1) is 18.1 Å². The van der Waals surface area contributed by atoms with Gasteiger partial charge in [-0.1, -0.05) is 12.2 Å². The van der Waals surface area contributed by atoms with Crippen molar-refractivity contribution in [2.24, 2.45) is 5.14 Å². The smallest absolute Gasteiger partial charge is 0.414 e. The highest BCUT2D eigenvalue weighted by atomic mass is 32.2. The number of anilines is 2. The fourth-order valence-electron chi connectivity index (χ4n) is 3.14. The summed E-state index contributed by atoms with van der Waals surface area (Å²) in [5.41, 5.74) is 1.73. The van der Waals surface area contributed by atoms with Crippen LogP contribution in [0.1, 0.15) is 6.92 Å². The maximum atomic E-state index is 12.1.